The number of nitrogens with one attached hydrogen (secondary N) is 1. The molecule has 0 fully saturated rings. The fourth-order valence-electron chi connectivity index (χ4n) is 3.06. The van der Waals surface area contributed by atoms with Crippen molar-refractivity contribution in [2.24, 2.45) is 0 Å². The SMILES string of the molecule is Cc1ccc(N(CCCl)CCOS(C)(=O)=O)cc1C[C@@H](CC(=O)OC(C)(C)C)N[B]C=O. The number of benzene rings is 1. The van der Waals surface area contributed by atoms with E-state index >= 15 is 0 Å². The molecule has 0 spiro atoms. The Kier molecular flexibility index (Phi) is 11.7. The Balaban J connectivity index is 3.01. The molecule has 0 amide bonds. The molecule has 0 heterocycles. The minimum absolute atomic E-state index is 0.00997. The highest BCUT2D eigenvalue weighted by atomic mass is 35.5. The van der Waals surface area contributed by atoms with Gasteiger partial charge >= 0.3 is 5.97 Å². The van der Waals surface area contributed by atoms with Gasteiger partial charge in [0.05, 0.1) is 25.5 Å². The number of carbonyl (C=O) groups excluding carboxylic acids is 2. The van der Waals surface area contributed by atoms with E-state index in [2.05, 4.69) is 5.23 Å². The number of alkyl halides is 1. The Bertz CT molecular complexity index is 860. The zero-order valence-corrected chi connectivity index (χ0v) is 21.0. The van der Waals surface area contributed by atoms with E-state index in [0.29, 0.717) is 31.6 Å². The molecule has 0 saturated carbocycles. The summed E-state index contributed by atoms with van der Waals surface area (Å²) >= 11 is 5.94. The molecule has 0 aliphatic rings. The summed E-state index contributed by atoms with van der Waals surface area (Å²) in [4.78, 5) is 25.1. The van der Waals surface area contributed by atoms with Crippen LogP contribution in [0.2, 0.25) is 0 Å². The summed E-state index contributed by atoms with van der Waals surface area (Å²) in [7, 11) is -2.25. The van der Waals surface area contributed by atoms with Crippen LogP contribution >= 0.6 is 11.6 Å². The van der Waals surface area contributed by atoms with Gasteiger partial charge in [0.1, 0.15) is 5.60 Å². The predicted octanol–water partition coefficient (Wildman–Crippen LogP) is 2.06. The molecule has 0 saturated heterocycles. The standard InChI is InChI=1S/C21H33BClN2O6S/c1-16-6-7-19(25(9-8-23)10-11-30-32(5,28)29)13-17(16)12-18(24-22-15-26)14-20(27)31-21(2,3)4/h6-7,13,15,18,24H,8-12,14H2,1-5H3/t18-/m0/s1. The molecule has 179 valence electrons. The largest absolute Gasteiger partial charge is 0.460 e. The Morgan fingerprint density at radius 2 is 2.00 bits per heavy atom. The van der Waals surface area contributed by atoms with Crippen LogP contribution in [0.1, 0.15) is 38.3 Å². The molecule has 32 heavy (non-hydrogen) atoms. The van der Waals surface area contributed by atoms with Gasteiger partial charge < -0.3 is 19.7 Å². The van der Waals surface area contributed by atoms with Crippen LogP contribution < -0.4 is 10.1 Å². The van der Waals surface area contributed by atoms with Crippen LogP contribution in [0.25, 0.3) is 0 Å². The van der Waals surface area contributed by atoms with E-state index in [0.717, 1.165) is 23.1 Å². The lowest BCUT2D eigenvalue weighted by molar-refractivity contribution is -0.155. The summed E-state index contributed by atoms with van der Waals surface area (Å²) in [5.74, 6) is 0.00365. The minimum atomic E-state index is -3.52. The molecule has 1 N–H and O–H groups in total. The zero-order valence-electron chi connectivity index (χ0n) is 19.4. The van der Waals surface area contributed by atoms with Gasteiger partial charge in [-0.2, -0.15) is 8.42 Å². The Morgan fingerprint density at radius 1 is 1.31 bits per heavy atom. The van der Waals surface area contributed by atoms with Crippen molar-refractivity contribution in [1.82, 2.24) is 5.23 Å². The number of aryl methyl sites for hydroxylation is 1. The van der Waals surface area contributed by atoms with Crippen LogP contribution in [0.3, 0.4) is 0 Å². The number of hydrogen-bond donors (Lipinski definition) is 1. The number of hydrogen-bond acceptors (Lipinski definition) is 8. The van der Waals surface area contributed by atoms with Crippen LogP contribution in [0.4, 0.5) is 5.69 Å². The lowest BCUT2D eigenvalue weighted by atomic mass is 9.91. The number of halogens is 1. The summed E-state index contributed by atoms with van der Waals surface area (Å²) in [6.45, 7) is 8.24. The number of ether oxygens (including phenoxy) is 1. The maximum Gasteiger partial charge on any atom is 0.307 e. The van der Waals surface area contributed by atoms with Gasteiger partial charge in [-0.05, 0) is 57.4 Å². The first kappa shape index (κ1) is 28.4. The number of esters is 1. The van der Waals surface area contributed by atoms with Crippen LogP contribution in [0, 0.1) is 6.92 Å². The highest BCUT2D eigenvalue weighted by Gasteiger charge is 2.21. The number of carbonyl (C=O) groups is 2. The lowest BCUT2D eigenvalue weighted by Gasteiger charge is -2.26. The monoisotopic (exact) mass is 487 g/mol. The maximum absolute atomic E-state index is 12.3. The molecule has 0 aliphatic carbocycles. The second-order valence-electron chi connectivity index (χ2n) is 8.47. The van der Waals surface area contributed by atoms with E-state index in [9.17, 15) is 18.0 Å². The average Bonchev–Trinajstić information content (AvgIpc) is 2.64. The summed E-state index contributed by atoms with van der Waals surface area (Å²) in [6, 6.07) is 5.53. The Morgan fingerprint density at radius 3 is 2.56 bits per heavy atom. The highest BCUT2D eigenvalue weighted by Crippen LogP contribution is 2.22. The van der Waals surface area contributed by atoms with Gasteiger partial charge in [0, 0.05) is 30.7 Å². The highest BCUT2D eigenvalue weighted by molar-refractivity contribution is 7.85. The molecule has 0 aromatic heterocycles. The third-order valence-corrected chi connectivity index (χ3v) is 5.17. The molecule has 1 radical (unpaired) electrons. The number of anilines is 1. The molecule has 1 rings (SSSR count). The van der Waals surface area contributed by atoms with Crippen molar-refractivity contribution in [2.45, 2.75) is 52.2 Å². The van der Waals surface area contributed by atoms with E-state index in [4.69, 9.17) is 20.5 Å². The maximum atomic E-state index is 12.3. The van der Waals surface area contributed by atoms with Gasteiger partial charge in [-0.3, -0.25) is 8.98 Å². The van der Waals surface area contributed by atoms with Crippen molar-refractivity contribution >= 4 is 47.0 Å². The van der Waals surface area contributed by atoms with Crippen molar-refractivity contribution in [3.8, 4) is 0 Å². The van der Waals surface area contributed by atoms with Crippen molar-refractivity contribution in [3.05, 3.63) is 29.3 Å². The molecule has 8 nitrogen and oxygen atoms in total. The summed E-state index contributed by atoms with van der Waals surface area (Å²) in [6.07, 6.45) is 2.23. The van der Waals surface area contributed by atoms with Crippen molar-refractivity contribution in [3.63, 3.8) is 0 Å². The number of rotatable bonds is 14. The van der Waals surface area contributed by atoms with E-state index in [1.54, 1.807) is 20.8 Å². The molecule has 1 aromatic rings. The Hall–Kier alpha value is -1.62. The molecule has 1 atom stereocenters. The van der Waals surface area contributed by atoms with Crippen LogP contribution in [0.5, 0.6) is 0 Å². The second kappa shape index (κ2) is 13.2. The second-order valence-corrected chi connectivity index (χ2v) is 10.5. The average molecular weight is 488 g/mol. The van der Waals surface area contributed by atoms with E-state index < -0.39 is 15.7 Å². The normalized spacial score (nSPS) is 12.8. The molecular weight excluding hydrogens is 455 g/mol. The topological polar surface area (TPSA) is 102 Å². The van der Waals surface area contributed by atoms with Gasteiger partial charge in [0.25, 0.3) is 17.5 Å². The summed E-state index contributed by atoms with van der Waals surface area (Å²) in [5, 5.41) is 2.97. The first-order chi connectivity index (χ1) is 14.8. The van der Waals surface area contributed by atoms with Crippen molar-refractivity contribution < 1.29 is 26.9 Å². The predicted molar refractivity (Wildman–Crippen MR) is 129 cm³/mol. The van der Waals surface area contributed by atoms with Crippen molar-refractivity contribution in [2.75, 3.05) is 36.7 Å². The number of nitrogens with zero attached hydrogens (tertiary/aromatic N) is 1. The Labute approximate surface area is 197 Å². The molecule has 0 unspecified atom stereocenters. The molecule has 0 bridgehead atoms. The van der Waals surface area contributed by atoms with Crippen LogP contribution in [-0.4, -0.2) is 71.5 Å². The van der Waals surface area contributed by atoms with Gasteiger partial charge in [-0.25, -0.2) is 0 Å². The lowest BCUT2D eigenvalue weighted by Crippen LogP contribution is -2.38. The van der Waals surface area contributed by atoms with Crippen LogP contribution in [-0.2, 0) is 35.0 Å². The van der Waals surface area contributed by atoms with E-state index in [1.165, 1.54) is 7.41 Å². The fraction of sp³-hybridized carbons (Fsp3) is 0.619. The minimum Gasteiger partial charge on any atom is -0.460 e. The summed E-state index contributed by atoms with van der Waals surface area (Å²) < 4.78 is 32.8. The van der Waals surface area contributed by atoms with E-state index in [1.807, 2.05) is 30.0 Å². The third-order valence-electron chi connectivity index (χ3n) is 4.41. The molecule has 1 aromatic carbocycles. The molecular formula is C21H33BClN2O6S. The van der Waals surface area contributed by atoms with Gasteiger partial charge in [-0.15, -0.1) is 11.6 Å². The fourth-order valence-corrected chi connectivity index (χ4v) is 3.64. The molecule has 11 heteroatoms. The van der Waals surface area contributed by atoms with E-state index in [-0.39, 0.29) is 25.0 Å². The van der Waals surface area contributed by atoms with Crippen molar-refractivity contribution in [1.29, 1.82) is 0 Å². The first-order valence-corrected chi connectivity index (χ1v) is 12.7. The smallest absolute Gasteiger partial charge is 0.307 e. The quantitative estimate of drug-likeness (QED) is 0.140. The summed E-state index contributed by atoms with van der Waals surface area (Å²) in [5.41, 5.74) is 2.27. The third kappa shape index (κ3) is 11.8. The molecule has 0 aliphatic heterocycles. The zero-order chi connectivity index (χ0) is 24.4. The van der Waals surface area contributed by atoms with Crippen LogP contribution in [0.15, 0.2) is 18.2 Å². The van der Waals surface area contributed by atoms with Gasteiger partial charge in [-0.1, -0.05) is 6.07 Å². The van der Waals surface area contributed by atoms with Gasteiger partial charge in [0.15, 0.2) is 0 Å². The first-order valence-electron chi connectivity index (χ1n) is 10.3. The van der Waals surface area contributed by atoms with Gasteiger partial charge in [0.2, 0.25) is 0 Å².